The summed E-state index contributed by atoms with van der Waals surface area (Å²) in [5.74, 6) is -0.273. The third-order valence-electron chi connectivity index (χ3n) is 13.4. The summed E-state index contributed by atoms with van der Waals surface area (Å²) in [5, 5.41) is 33.2. The zero-order chi connectivity index (χ0) is 44.6. The van der Waals surface area contributed by atoms with E-state index < -0.39 is 6.10 Å². The fourth-order valence-corrected chi connectivity index (χ4v) is 10.2. The van der Waals surface area contributed by atoms with E-state index >= 15 is 0 Å². The SMILES string of the molecule is C=CC(=O)N1CCN(c2nc(OC[C@@H]3CCN(C(=O)c4ccc5c(c4)CN(C(=O)C4=CC(CC)C(O)C=C4O)C5)C3)nc3c2CCN(c2cccc4cccc(Cl)c24)C3)C[C@@H]1CC#N. The van der Waals surface area contributed by atoms with Gasteiger partial charge in [-0.05, 0) is 72.2 Å². The Labute approximate surface area is 377 Å². The maximum atomic E-state index is 13.9. The summed E-state index contributed by atoms with van der Waals surface area (Å²) in [6.45, 7) is 10.2. The van der Waals surface area contributed by atoms with Gasteiger partial charge in [0.1, 0.15) is 11.6 Å². The van der Waals surface area contributed by atoms with Crippen molar-refractivity contribution in [1.29, 1.82) is 5.26 Å². The van der Waals surface area contributed by atoms with E-state index in [-0.39, 0.29) is 59.4 Å². The smallest absolute Gasteiger partial charge is 0.318 e. The Balaban J connectivity index is 0.901. The highest BCUT2D eigenvalue weighted by Gasteiger charge is 2.36. The zero-order valence-corrected chi connectivity index (χ0v) is 36.6. The molecule has 4 atom stereocenters. The van der Waals surface area contributed by atoms with Crippen LogP contribution in [0.2, 0.25) is 5.02 Å². The highest BCUT2D eigenvalue weighted by molar-refractivity contribution is 6.36. The number of aliphatic hydroxyl groups excluding tert-OH is 2. The normalized spacial score (nSPS) is 21.8. The maximum absolute atomic E-state index is 13.9. The molecule has 2 fully saturated rings. The lowest BCUT2D eigenvalue weighted by Gasteiger charge is -2.42. The molecule has 4 aliphatic heterocycles. The van der Waals surface area contributed by atoms with E-state index in [9.17, 15) is 29.9 Å². The molecule has 0 spiro atoms. The van der Waals surface area contributed by atoms with Gasteiger partial charge in [0, 0.05) is 86.4 Å². The number of amides is 3. The highest BCUT2D eigenvalue weighted by atomic mass is 35.5. The molecule has 3 aromatic carbocycles. The number of fused-ring (bicyclic) bond motifs is 3. The van der Waals surface area contributed by atoms with Gasteiger partial charge in [-0.2, -0.15) is 15.2 Å². The number of likely N-dealkylation sites (tertiary alicyclic amines) is 1. The summed E-state index contributed by atoms with van der Waals surface area (Å²) in [6, 6.07) is 19.8. The lowest BCUT2D eigenvalue weighted by Crippen LogP contribution is -2.55. The summed E-state index contributed by atoms with van der Waals surface area (Å²) in [5.41, 5.74) is 5.46. The summed E-state index contributed by atoms with van der Waals surface area (Å²) >= 11 is 6.77. The van der Waals surface area contributed by atoms with Crippen molar-refractivity contribution in [2.75, 3.05) is 55.7 Å². The van der Waals surface area contributed by atoms with Crippen LogP contribution in [0.4, 0.5) is 11.5 Å². The van der Waals surface area contributed by atoms with Crippen LogP contribution in [0, 0.1) is 23.2 Å². The van der Waals surface area contributed by atoms with Gasteiger partial charge < -0.3 is 39.4 Å². The molecule has 2 N–H and O–H groups in total. The molecule has 64 heavy (non-hydrogen) atoms. The molecule has 15 heteroatoms. The first-order valence-electron chi connectivity index (χ1n) is 22.0. The van der Waals surface area contributed by atoms with Crippen LogP contribution in [0.5, 0.6) is 6.01 Å². The van der Waals surface area contributed by atoms with Gasteiger partial charge in [0.2, 0.25) is 5.91 Å². The first-order valence-corrected chi connectivity index (χ1v) is 22.4. The number of piperazine rings is 1. The van der Waals surface area contributed by atoms with Crippen LogP contribution in [0.1, 0.15) is 58.9 Å². The van der Waals surface area contributed by atoms with Crippen molar-refractivity contribution in [3.8, 4) is 12.1 Å². The highest BCUT2D eigenvalue weighted by Crippen LogP contribution is 2.38. The molecule has 5 aliphatic rings. The Bertz CT molecular complexity index is 2640. The van der Waals surface area contributed by atoms with Gasteiger partial charge in [-0.1, -0.05) is 61.5 Å². The minimum Gasteiger partial charge on any atom is -0.507 e. The van der Waals surface area contributed by atoms with Crippen molar-refractivity contribution in [3.63, 3.8) is 0 Å². The average molecular weight is 883 g/mol. The van der Waals surface area contributed by atoms with E-state index in [0.717, 1.165) is 51.1 Å². The van der Waals surface area contributed by atoms with E-state index in [1.807, 2.05) is 48.2 Å². The first-order chi connectivity index (χ1) is 31.0. The van der Waals surface area contributed by atoms with Crippen molar-refractivity contribution in [1.82, 2.24) is 24.7 Å². The van der Waals surface area contributed by atoms with Crippen molar-refractivity contribution < 1.29 is 29.3 Å². The summed E-state index contributed by atoms with van der Waals surface area (Å²) in [6.07, 6.45) is 5.67. The number of nitrogens with zero attached hydrogens (tertiary/aromatic N) is 8. The standard InChI is InChI=1S/C49H51ClN8O6/c1-3-31-22-38(43(60)23-42(31)59)48(63)57-25-34-12-11-33(21-35(34)26-57)47(62)56-17-14-30(24-56)29-64-49-52-40-28-54(41-10-6-8-32-7-5-9-39(50)45(32)41)18-15-37(40)46(53-49)55-19-20-58(44(61)4-2)36(27-55)13-16-51/h4-12,21-23,30-31,36,42,59-60H,2-3,13-15,17-20,24-29H2,1H3/t30-,31?,36+,42?/m1/s1. The Morgan fingerprint density at radius 2 is 1.77 bits per heavy atom. The van der Waals surface area contributed by atoms with E-state index in [4.69, 9.17) is 26.3 Å². The van der Waals surface area contributed by atoms with Crippen molar-refractivity contribution in [3.05, 3.63) is 124 Å². The number of halogens is 1. The van der Waals surface area contributed by atoms with E-state index in [0.29, 0.717) is 88.9 Å². The summed E-state index contributed by atoms with van der Waals surface area (Å²) < 4.78 is 6.44. The molecule has 2 unspecified atom stereocenters. The fourth-order valence-electron chi connectivity index (χ4n) is 9.88. The number of carbonyl (C=O) groups is 3. The van der Waals surface area contributed by atoms with Gasteiger partial charge in [-0.25, -0.2) is 0 Å². The molecule has 2 saturated heterocycles. The van der Waals surface area contributed by atoms with Crippen LogP contribution in [0.15, 0.2) is 90.7 Å². The van der Waals surface area contributed by atoms with Crippen LogP contribution in [0.25, 0.3) is 10.8 Å². The Hall–Kier alpha value is -6.43. The average Bonchev–Trinajstić information content (AvgIpc) is 3.97. The van der Waals surface area contributed by atoms with E-state index in [2.05, 4.69) is 40.6 Å². The predicted molar refractivity (Wildman–Crippen MR) is 243 cm³/mol. The molecule has 0 saturated carbocycles. The van der Waals surface area contributed by atoms with Crippen molar-refractivity contribution in [2.45, 2.75) is 64.4 Å². The van der Waals surface area contributed by atoms with Crippen LogP contribution in [0.3, 0.4) is 0 Å². The summed E-state index contributed by atoms with van der Waals surface area (Å²) in [7, 11) is 0. The number of hydrogen-bond donors (Lipinski definition) is 2. The van der Waals surface area contributed by atoms with Gasteiger partial charge in [-0.15, -0.1) is 0 Å². The lowest BCUT2D eigenvalue weighted by molar-refractivity contribution is -0.129. The third kappa shape index (κ3) is 8.26. The Kier molecular flexibility index (Phi) is 12.0. The molecule has 3 amide bonds. The summed E-state index contributed by atoms with van der Waals surface area (Å²) in [4.78, 5) is 59.8. The second kappa shape index (κ2) is 18.0. The largest absolute Gasteiger partial charge is 0.507 e. The number of ether oxygens (including phenoxy) is 1. The second-order valence-electron chi connectivity index (χ2n) is 17.3. The fraction of sp³-hybridized carbons (Fsp3) is 0.388. The number of anilines is 2. The Morgan fingerprint density at radius 3 is 2.56 bits per heavy atom. The van der Waals surface area contributed by atoms with Gasteiger partial charge in [0.05, 0.1) is 54.1 Å². The number of aromatic nitrogens is 2. The molecule has 4 aromatic rings. The van der Waals surface area contributed by atoms with Gasteiger partial charge >= 0.3 is 6.01 Å². The van der Waals surface area contributed by atoms with Crippen molar-refractivity contribution in [2.24, 2.45) is 11.8 Å². The number of benzene rings is 3. The van der Waals surface area contributed by atoms with Gasteiger partial charge in [-0.3, -0.25) is 14.4 Å². The molecule has 0 bridgehead atoms. The minimum atomic E-state index is -0.833. The number of hydrogen-bond acceptors (Lipinski definition) is 11. The van der Waals surface area contributed by atoms with E-state index in [1.54, 1.807) is 15.9 Å². The first kappa shape index (κ1) is 42.9. The number of nitriles is 1. The topological polar surface area (TPSA) is 167 Å². The van der Waals surface area contributed by atoms with E-state index in [1.165, 1.54) is 12.2 Å². The Morgan fingerprint density at radius 1 is 0.953 bits per heavy atom. The number of carbonyl (C=O) groups excluding carboxylic acids is 3. The maximum Gasteiger partial charge on any atom is 0.318 e. The molecule has 14 nitrogen and oxygen atoms in total. The molecular formula is C49H51ClN8O6. The van der Waals surface area contributed by atoms with Crippen LogP contribution in [-0.2, 0) is 35.6 Å². The number of aliphatic hydroxyl groups is 2. The van der Waals surface area contributed by atoms with Gasteiger partial charge in [0.15, 0.2) is 0 Å². The minimum absolute atomic E-state index is 0.0346. The van der Waals surface area contributed by atoms with Gasteiger partial charge in [0.25, 0.3) is 11.8 Å². The molecule has 9 rings (SSSR count). The third-order valence-corrected chi connectivity index (χ3v) is 13.7. The van der Waals surface area contributed by atoms with Crippen LogP contribution in [-0.4, -0.2) is 111 Å². The molecule has 0 radical (unpaired) electrons. The molecule has 5 heterocycles. The predicted octanol–water partition coefficient (Wildman–Crippen LogP) is 6.12. The molecular weight excluding hydrogens is 832 g/mol. The van der Waals surface area contributed by atoms with Crippen LogP contribution < -0.4 is 14.5 Å². The van der Waals surface area contributed by atoms with Crippen molar-refractivity contribution >= 4 is 51.6 Å². The number of rotatable bonds is 10. The molecule has 1 aromatic heterocycles. The lowest BCUT2D eigenvalue weighted by atomic mass is 9.90. The molecule has 1 aliphatic carbocycles. The monoisotopic (exact) mass is 882 g/mol. The molecule has 330 valence electrons. The second-order valence-corrected chi connectivity index (χ2v) is 17.7. The quantitative estimate of drug-likeness (QED) is 0.176. The van der Waals surface area contributed by atoms with Crippen LogP contribution >= 0.6 is 11.6 Å². The zero-order valence-electron chi connectivity index (χ0n) is 35.8.